The van der Waals surface area contributed by atoms with Gasteiger partial charge in [0, 0.05) is 25.2 Å². The van der Waals surface area contributed by atoms with Crippen LogP contribution in [0, 0.1) is 0 Å². The fourth-order valence-electron chi connectivity index (χ4n) is 2.81. The van der Waals surface area contributed by atoms with Crippen molar-refractivity contribution in [2.75, 3.05) is 0 Å². The molecule has 3 rings (SSSR count). The van der Waals surface area contributed by atoms with E-state index >= 15 is 0 Å². The summed E-state index contributed by atoms with van der Waals surface area (Å²) in [6.45, 7) is 0.117. The number of hydrogen-bond acceptors (Lipinski definition) is 5. The molecule has 0 saturated carbocycles. The van der Waals surface area contributed by atoms with Gasteiger partial charge >= 0.3 is 12.1 Å². The fourth-order valence-corrected chi connectivity index (χ4v) is 2.81. The van der Waals surface area contributed by atoms with E-state index in [1.165, 1.54) is 10.9 Å². The molecule has 0 bridgehead atoms. The third kappa shape index (κ3) is 5.84. The average Bonchev–Trinajstić information content (AvgIpc) is 3.09. The molecule has 8 heteroatoms. The lowest BCUT2D eigenvalue weighted by Gasteiger charge is -2.17. The summed E-state index contributed by atoms with van der Waals surface area (Å²) in [5.41, 5.74) is 1.70. The molecule has 30 heavy (non-hydrogen) atoms. The van der Waals surface area contributed by atoms with Crippen molar-refractivity contribution in [2.45, 2.75) is 25.7 Å². The van der Waals surface area contributed by atoms with E-state index in [2.05, 4.69) is 10.4 Å². The first-order valence-corrected chi connectivity index (χ1v) is 9.44. The molecule has 0 fully saturated rings. The Balaban J connectivity index is 1.64. The monoisotopic (exact) mass is 409 g/mol. The van der Waals surface area contributed by atoms with Gasteiger partial charge in [0.05, 0.1) is 0 Å². The van der Waals surface area contributed by atoms with Gasteiger partial charge in [-0.2, -0.15) is 0 Å². The molecule has 2 N–H and O–H groups in total. The van der Waals surface area contributed by atoms with Gasteiger partial charge in [0.1, 0.15) is 19.3 Å². The third-order valence-corrected chi connectivity index (χ3v) is 4.45. The number of aryl methyl sites for hydroxylation is 1. The molecule has 0 aliphatic carbocycles. The molecule has 0 saturated heterocycles. The van der Waals surface area contributed by atoms with Gasteiger partial charge in [-0.3, -0.25) is 9.48 Å². The molecular weight excluding hydrogens is 386 g/mol. The number of rotatable bonds is 8. The van der Waals surface area contributed by atoms with Crippen LogP contribution in [0.4, 0.5) is 4.79 Å². The molecule has 0 unspecified atom stereocenters. The van der Waals surface area contributed by atoms with Gasteiger partial charge in [-0.15, -0.1) is 0 Å². The molecule has 0 spiro atoms. The summed E-state index contributed by atoms with van der Waals surface area (Å²) in [5.74, 6) is -0.654. The molecule has 156 valence electrons. The zero-order chi connectivity index (χ0) is 21.3. The highest BCUT2D eigenvalue weighted by molar-refractivity contribution is 5.81. The normalized spacial score (nSPS) is 11.5. The minimum atomic E-state index is -1.07. The highest BCUT2D eigenvalue weighted by Gasteiger charge is 2.25. The van der Waals surface area contributed by atoms with E-state index in [0.717, 1.165) is 11.1 Å². The number of H-pyrrole nitrogens is 1. The summed E-state index contributed by atoms with van der Waals surface area (Å²) in [6, 6.07) is 17.3. The van der Waals surface area contributed by atoms with Gasteiger partial charge in [-0.05, 0) is 11.1 Å². The van der Waals surface area contributed by atoms with Crippen molar-refractivity contribution >= 4 is 12.1 Å². The first-order chi connectivity index (χ1) is 14.5. The number of alkyl carbamates (subject to hydrolysis) is 1. The van der Waals surface area contributed by atoms with Crippen LogP contribution in [0.25, 0.3) is 0 Å². The van der Waals surface area contributed by atoms with Crippen LogP contribution in [0.2, 0.25) is 0 Å². The van der Waals surface area contributed by atoms with Crippen LogP contribution >= 0.6 is 0 Å². The first kappa shape index (κ1) is 20.9. The Bertz CT molecular complexity index is 1030. The Morgan fingerprint density at radius 3 is 2.07 bits per heavy atom. The molecule has 0 radical (unpaired) electrons. The molecule has 0 aliphatic rings. The summed E-state index contributed by atoms with van der Waals surface area (Å²) in [5, 5.41) is 5.26. The number of aromatic nitrogens is 2. The second-order valence-electron chi connectivity index (χ2n) is 6.72. The van der Waals surface area contributed by atoms with Crippen LogP contribution in [0.1, 0.15) is 16.7 Å². The zero-order valence-corrected chi connectivity index (χ0v) is 16.5. The van der Waals surface area contributed by atoms with E-state index in [1.54, 1.807) is 7.05 Å². The quantitative estimate of drug-likeness (QED) is 0.556. The lowest BCUT2D eigenvalue weighted by Crippen LogP contribution is -2.44. The van der Waals surface area contributed by atoms with E-state index in [4.69, 9.17) is 9.47 Å². The standard InChI is InChI=1S/C22H23N3O5/c1-25-20(26)18(13-23-25)12-19(21(27)29-14-16-8-4-2-5-9-16)24-22(28)30-15-17-10-6-3-7-11-17/h2-11,13,19,23H,12,14-15H2,1H3,(H,24,28)/t19-/m1/s1. The van der Waals surface area contributed by atoms with E-state index in [1.807, 2.05) is 60.7 Å². The van der Waals surface area contributed by atoms with Gasteiger partial charge in [-0.25, -0.2) is 9.59 Å². The number of hydrogen-bond donors (Lipinski definition) is 2. The molecule has 8 nitrogen and oxygen atoms in total. The Labute approximate surface area is 173 Å². The fraction of sp³-hybridized carbons (Fsp3) is 0.227. The molecule has 1 atom stereocenters. The number of nitrogens with zero attached hydrogens (tertiary/aromatic N) is 1. The molecule has 1 amide bonds. The third-order valence-electron chi connectivity index (χ3n) is 4.45. The summed E-state index contributed by atoms with van der Waals surface area (Å²) < 4.78 is 11.8. The number of benzene rings is 2. The van der Waals surface area contributed by atoms with E-state index in [0.29, 0.717) is 5.56 Å². The van der Waals surface area contributed by atoms with Crippen LogP contribution in [-0.2, 0) is 41.0 Å². The summed E-state index contributed by atoms with van der Waals surface area (Å²) >= 11 is 0. The largest absolute Gasteiger partial charge is 0.459 e. The summed E-state index contributed by atoms with van der Waals surface area (Å²) in [4.78, 5) is 37.0. The predicted octanol–water partition coefficient (Wildman–Crippen LogP) is 2.29. The topological polar surface area (TPSA) is 102 Å². The van der Waals surface area contributed by atoms with Crippen LogP contribution in [-0.4, -0.2) is 27.9 Å². The smallest absolute Gasteiger partial charge is 0.408 e. The number of carbonyl (C=O) groups excluding carboxylic acids is 2. The van der Waals surface area contributed by atoms with E-state index in [-0.39, 0.29) is 25.2 Å². The molecule has 1 heterocycles. The molecule has 2 aromatic carbocycles. The van der Waals surface area contributed by atoms with Gasteiger partial charge in [0.25, 0.3) is 5.56 Å². The van der Waals surface area contributed by atoms with E-state index in [9.17, 15) is 14.4 Å². The van der Waals surface area contributed by atoms with Crippen molar-refractivity contribution in [3.8, 4) is 0 Å². The van der Waals surface area contributed by atoms with Gasteiger partial charge in [-0.1, -0.05) is 60.7 Å². The van der Waals surface area contributed by atoms with E-state index < -0.39 is 18.1 Å². The van der Waals surface area contributed by atoms with Crippen molar-refractivity contribution in [1.82, 2.24) is 15.1 Å². The molecular formula is C22H23N3O5. The van der Waals surface area contributed by atoms with Crippen LogP contribution in [0.3, 0.4) is 0 Å². The molecule has 1 aromatic heterocycles. The number of nitrogens with one attached hydrogen (secondary N) is 2. The highest BCUT2D eigenvalue weighted by Crippen LogP contribution is 2.06. The second-order valence-corrected chi connectivity index (χ2v) is 6.72. The maximum Gasteiger partial charge on any atom is 0.408 e. The number of esters is 1. The SMILES string of the molecule is Cn1[nH]cc(C[C@@H](NC(=O)OCc2ccccc2)C(=O)OCc2ccccc2)c1=O. The average molecular weight is 409 g/mol. The highest BCUT2D eigenvalue weighted by atomic mass is 16.6. The first-order valence-electron chi connectivity index (χ1n) is 9.44. The van der Waals surface area contributed by atoms with Crippen LogP contribution in [0.15, 0.2) is 71.7 Å². The van der Waals surface area contributed by atoms with Crippen molar-refractivity contribution in [3.05, 3.63) is 93.9 Å². The second kappa shape index (κ2) is 10.1. The lowest BCUT2D eigenvalue weighted by molar-refractivity contribution is -0.147. The zero-order valence-electron chi connectivity index (χ0n) is 16.5. The summed E-state index contributed by atoms with van der Waals surface area (Å²) in [6.07, 6.45) is 0.703. The van der Waals surface area contributed by atoms with Crippen molar-refractivity contribution in [3.63, 3.8) is 0 Å². The number of ether oxygens (including phenoxy) is 2. The number of aromatic amines is 1. The Hall–Kier alpha value is -3.81. The maximum absolute atomic E-state index is 12.6. The lowest BCUT2D eigenvalue weighted by atomic mass is 10.1. The number of amides is 1. The van der Waals surface area contributed by atoms with Crippen molar-refractivity contribution in [2.24, 2.45) is 7.05 Å². The van der Waals surface area contributed by atoms with Crippen molar-refractivity contribution < 1.29 is 19.1 Å². The molecule has 0 aliphatic heterocycles. The maximum atomic E-state index is 12.6. The summed E-state index contributed by atoms with van der Waals surface area (Å²) in [7, 11) is 1.57. The molecule has 3 aromatic rings. The Morgan fingerprint density at radius 1 is 0.967 bits per heavy atom. The number of carbonyl (C=O) groups is 2. The minimum absolute atomic E-state index is 0.0236. The Morgan fingerprint density at radius 2 is 1.53 bits per heavy atom. The van der Waals surface area contributed by atoms with Crippen LogP contribution < -0.4 is 10.9 Å². The minimum Gasteiger partial charge on any atom is -0.459 e. The predicted molar refractivity (Wildman–Crippen MR) is 110 cm³/mol. The Kier molecular flexibility index (Phi) is 7.05. The van der Waals surface area contributed by atoms with Gasteiger partial charge in [0.15, 0.2) is 0 Å². The van der Waals surface area contributed by atoms with Gasteiger partial charge in [0.2, 0.25) is 0 Å². The van der Waals surface area contributed by atoms with Crippen molar-refractivity contribution in [1.29, 1.82) is 0 Å². The van der Waals surface area contributed by atoms with Crippen LogP contribution in [0.5, 0.6) is 0 Å². The van der Waals surface area contributed by atoms with Gasteiger partial charge < -0.3 is 19.9 Å².